The van der Waals surface area contributed by atoms with Crippen LogP contribution >= 0.6 is 11.8 Å². The minimum atomic E-state index is -4.62. The third kappa shape index (κ3) is 6.35. The Kier molecular flexibility index (Phi) is 7.75. The number of benzene rings is 1. The van der Waals surface area contributed by atoms with Gasteiger partial charge in [-0.1, -0.05) is 29.1 Å². The highest BCUT2D eigenvalue weighted by Crippen LogP contribution is 2.34. The number of para-hydroxylation sites is 1. The first kappa shape index (κ1) is 24.3. The highest BCUT2D eigenvalue weighted by atomic mass is 32.2. The van der Waals surface area contributed by atoms with Crippen molar-refractivity contribution in [2.45, 2.75) is 30.8 Å². The molecule has 0 aliphatic heterocycles. The number of nitrogens with zero attached hydrogens (tertiary/aromatic N) is 3. The molecule has 11 heteroatoms. The van der Waals surface area contributed by atoms with Crippen molar-refractivity contribution in [1.29, 1.82) is 0 Å². The van der Waals surface area contributed by atoms with E-state index in [2.05, 4.69) is 15.5 Å². The summed E-state index contributed by atoms with van der Waals surface area (Å²) in [5, 5.41) is 6.62. The Morgan fingerprint density at radius 2 is 1.94 bits per heavy atom. The van der Waals surface area contributed by atoms with E-state index in [1.165, 1.54) is 34.9 Å². The van der Waals surface area contributed by atoms with Gasteiger partial charge in [0.25, 0.3) is 5.91 Å². The van der Waals surface area contributed by atoms with Crippen LogP contribution in [0.15, 0.2) is 58.2 Å². The molecule has 0 atom stereocenters. The molecule has 0 saturated heterocycles. The Hall–Kier alpha value is -3.34. The molecule has 2 amide bonds. The summed E-state index contributed by atoms with van der Waals surface area (Å²) >= 11 is 1.29. The fourth-order valence-electron chi connectivity index (χ4n) is 3.00. The van der Waals surface area contributed by atoms with Crippen LogP contribution in [-0.2, 0) is 16.7 Å². The fourth-order valence-corrected chi connectivity index (χ4v) is 3.86. The number of aryl methyl sites for hydroxylation is 1. The molecule has 0 saturated carbocycles. The molecule has 3 aromatic rings. The minimum absolute atomic E-state index is 0.175. The van der Waals surface area contributed by atoms with Gasteiger partial charge in [0.05, 0.1) is 22.5 Å². The molecule has 7 nitrogen and oxygen atoms in total. The number of alkyl halides is 3. The average Bonchev–Trinajstić information content (AvgIpc) is 3.20. The summed E-state index contributed by atoms with van der Waals surface area (Å²) in [4.78, 5) is 31.1. The summed E-state index contributed by atoms with van der Waals surface area (Å²) in [6.45, 7) is 3.21. The molecule has 2 heterocycles. The molecule has 33 heavy (non-hydrogen) atoms. The van der Waals surface area contributed by atoms with E-state index in [4.69, 9.17) is 4.52 Å². The number of hydrogen-bond donors (Lipinski definition) is 1. The van der Waals surface area contributed by atoms with E-state index in [9.17, 15) is 22.8 Å². The summed E-state index contributed by atoms with van der Waals surface area (Å²) in [6.07, 6.45) is -3.07. The van der Waals surface area contributed by atoms with Crippen molar-refractivity contribution in [3.05, 3.63) is 71.2 Å². The number of amides is 2. The topological polar surface area (TPSA) is 88.3 Å². The fraction of sp³-hybridized carbons (Fsp3) is 0.273. The van der Waals surface area contributed by atoms with Gasteiger partial charge in [0.15, 0.2) is 0 Å². The zero-order valence-corrected chi connectivity index (χ0v) is 18.7. The first-order valence-corrected chi connectivity index (χ1v) is 10.9. The predicted octanol–water partition coefficient (Wildman–Crippen LogP) is 4.79. The van der Waals surface area contributed by atoms with Crippen molar-refractivity contribution in [3.8, 4) is 0 Å². The molecule has 0 bridgehead atoms. The number of halogens is 3. The van der Waals surface area contributed by atoms with Gasteiger partial charge in [-0.15, -0.1) is 0 Å². The Balaban J connectivity index is 1.71. The van der Waals surface area contributed by atoms with E-state index in [0.29, 0.717) is 22.2 Å². The van der Waals surface area contributed by atoms with Crippen LogP contribution in [0.2, 0.25) is 0 Å². The van der Waals surface area contributed by atoms with E-state index in [1.807, 2.05) is 0 Å². The van der Waals surface area contributed by atoms with Gasteiger partial charge >= 0.3 is 6.18 Å². The minimum Gasteiger partial charge on any atom is -0.361 e. The third-order valence-corrected chi connectivity index (χ3v) is 5.58. The van der Waals surface area contributed by atoms with Crippen LogP contribution in [-0.4, -0.2) is 39.9 Å². The molecule has 2 aromatic heterocycles. The normalized spacial score (nSPS) is 11.3. The molecule has 0 aliphatic carbocycles. The summed E-state index contributed by atoms with van der Waals surface area (Å²) in [6, 6.07) is 9.65. The summed E-state index contributed by atoms with van der Waals surface area (Å²) < 4.78 is 44.6. The lowest BCUT2D eigenvalue weighted by Crippen LogP contribution is -2.38. The van der Waals surface area contributed by atoms with Crippen LogP contribution in [0.25, 0.3) is 0 Å². The van der Waals surface area contributed by atoms with Crippen LogP contribution < -0.4 is 5.32 Å². The van der Waals surface area contributed by atoms with Crippen LogP contribution in [0, 0.1) is 6.92 Å². The Morgan fingerprint density at radius 3 is 2.61 bits per heavy atom. The molecule has 1 N–H and O–H groups in total. The van der Waals surface area contributed by atoms with Crippen LogP contribution in [0.3, 0.4) is 0 Å². The van der Waals surface area contributed by atoms with Crippen LogP contribution in [0.1, 0.15) is 34.3 Å². The third-order valence-electron chi connectivity index (χ3n) is 4.55. The van der Waals surface area contributed by atoms with Gasteiger partial charge in [-0.25, -0.2) is 4.98 Å². The van der Waals surface area contributed by atoms with Crippen molar-refractivity contribution < 1.29 is 27.3 Å². The first-order chi connectivity index (χ1) is 15.7. The number of anilines is 1. The largest absolute Gasteiger partial charge is 0.418 e. The first-order valence-electron chi connectivity index (χ1n) is 9.94. The molecule has 0 unspecified atom stereocenters. The lowest BCUT2D eigenvalue weighted by molar-refractivity contribution is -0.137. The molecular weight excluding hydrogens is 457 g/mol. The van der Waals surface area contributed by atoms with E-state index in [-0.39, 0.29) is 17.8 Å². The highest BCUT2D eigenvalue weighted by molar-refractivity contribution is 7.98. The number of carbonyl (C=O) groups is 2. The molecule has 0 fully saturated rings. The second-order valence-corrected chi connectivity index (χ2v) is 7.95. The van der Waals surface area contributed by atoms with E-state index in [0.717, 1.165) is 6.07 Å². The van der Waals surface area contributed by atoms with Gasteiger partial charge < -0.3 is 14.7 Å². The molecule has 1 aromatic carbocycles. The Morgan fingerprint density at radius 1 is 1.18 bits per heavy atom. The lowest BCUT2D eigenvalue weighted by Gasteiger charge is -2.22. The van der Waals surface area contributed by atoms with Gasteiger partial charge in [0, 0.05) is 24.6 Å². The summed E-state index contributed by atoms with van der Waals surface area (Å²) in [5.74, 6) is -0.102. The van der Waals surface area contributed by atoms with Gasteiger partial charge in [0.2, 0.25) is 5.91 Å². The van der Waals surface area contributed by atoms with Crippen LogP contribution in [0.4, 0.5) is 18.9 Å². The number of thioether (sulfide) groups is 1. The van der Waals surface area contributed by atoms with Gasteiger partial charge in [-0.05, 0) is 38.1 Å². The monoisotopic (exact) mass is 478 g/mol. The number of nitrogens with one attached hydrogen (secondary N) is 1. The van der Waals surface area contributed by atoms with Crippen molar-refractivity contribution in [3.63, 3.8) is 0 Å². The van der Waals surface area contributed by atoms with Crippen molar-refractivity contribution >= 4 is 29.3 Å². The smallest absolute Gasteiger partial charge is 0.361 e. The molecular formula is C22H21F3N4O3S. The molecule has 0 radical (unpaired) electrons. The predicted molar refractivity (Wildman–Crippen MR) is 117 cm³/mol. The van der Waals surface area contributed by atoms with Crippen molar-refractivity contribution in [2.75, 3.05) is 18.4 Å². The average molecular weight is 478 g/mol. The number of carbonyl (C=O) groups excluding carboxylic acids is 2. The van der Waals surface area contributed by atoms with Crippen molar-refractivity contribution in [1.82, 2.24) is 15.0 Å². The standard InChI is InChI=1S/C22H21F3N4O3S/c1-3-29(12-19(30)27-18-9-5-4-8-17(18)22(23,24)25)21(31)16-7-6-10-26-20(16)33-13-15-11-14(2)32-28-15/h4-11H,3,12-13H2,1-2H3,(H,27,30). The number of pyridine rings is 1. The second-order valence-electron chi connectivity index (χ2n) is 6.98. The Bertz CT molecular complexity index is 1130. The van der Waals surface area contributed by atoms with E-state index in [1.54, 1.807) is 38.2 Å². The maximum absolute atomic E-state index is 13.2. The molecule has 0 aliphatic rings. The van der Waals surface area contributed by atoms with Crippen molar-refractivity contribution in [2.24, 2.45) is 0 Å². The zero-order valence-electron chi connectivity index (χ0n) is 17.8. The molecule has 0 spiro atoms. The van der Waals surface area contributed by atoms with Gasteiger partial charge in [0.1, 0.15) is 17.3 Å². The molecule has 174 valence electrons. The summed E-state index contributed by atoms with van der Waals surface area (Å²) in [7, 11) is 0. The number of rotatable bonds is 8. The highest BCUT2D eigenvalue weighted by Gasteiger charge is 2.33. The maximum atomic E-state index is 13.2. The van der Waals surface area contributed by atoms with E-state index < -0.39 is 30.1 Å². The maximum Gasteiger partial charge on any atom is 0.418 e. The van der Waals surface area contributed by atoms with Gasteiger partial charge in [-0.3, -0.25) is 9.59 Å². The van der Waals surface area contributed by atoms with E-state index >= 15 is 0 Å². The SMILES string of the molecule is CCN(CC(=O)Nc1ccccc1C(F)(F)F)C(=O)c1cccnc1SCc1cc(C)on1. The quantitative estimate of drug-likeness (QED) is 0.469. The summed E-state index contributed by atoms with van der Waals surface area (Å²) in [5.41, 5.74) is -0.342. The number of aromatic nitrogens is 2. The number of likely N-dealkylation sites (N-methyl/N-ethyl adjacent to an activating group) is 1. The second kappa shape index (κ2) is 10.5. The Labute approximate surface area is 192 Å². The zero-order chi connectivity index (χ0) is 24.0. The van der Waals surface area contributed by atoms with Gasteiger partial charge in [-0.2, -0.15) is 13.2 Å². The lowest BCUT2D eigenvalue weighted by atomic mass is 10.1. The number of hydrogen-bond acceptors (Lipinski definition) is 6. The van der Waals surface area contributed by atoms with Crippen LogP contribution in [0.5, 0.6) is 0 Å². The molecule has 3 rings (SSSR count).